The maximum absolute atomic E-state index is 12.7. The highest BCUT2D eigenvalue weighted by atomic mass is 16.3. The van der Waals surface area contributed by atoms with Crippen LogP contribution in [0, 0.1) is 5.92 Å². The molecule has 0 aromatic rings. The summed E-state index contributed by atoms with van der Waals surface area (Å²) in [6.45, 7) is 12.2. The number of carbonyl (C=O) groups is 1. The van der Waals surface area contributed by atoms with Crippen molar-refractivity contribution in [3.8, 4) is 0 Å². The topological polar surface area (TPSA) is 71.4 Å². The largest absolute Gasteiger partial charge is 0.396 e. The number of aliphatic imine (C=N–C) groups is 1. The Morgan fingerprint density at radius 1 is 0.966 bits per heavy atom. The number of likely N-dealkylation sites (tertiary alicyclic amines) is 1. The van der Waals surface area contributed by atoms with Crippen LogP contribution in [0.2, 0.25) is 0 Å². The zero-order valence-electron chi connectivity index (χ0n) is 18.7. The molecular formula is C22H43N5O2. The lowest BCUT2D eigenvalue weighted by Crippen LogP contribution is -2.54. The summed E-state index contributed by atoms with van der Waals surface area (Å²) in [5, 5.41) is 12.7. The number of rotatable bonds is 9. The van der Waals surface area contributed by atoms with E-state index in [1.165, 1.54) is 12.8 Å². The van der Waals surface area contributed by atoms with Gasteiger partial charge in [-0.25, -0.2) is 0 Å². The van der Waals surface area contributed by atoms with Gasteiger partial charge in [-0.3, -0.25) is 14.7 Å². The molecule has 0 bridgehead atoms. The van der Waals surface area contributed by atoms with E-state index < -0.39 is 0 Å². The molecule has 7 heteroatoms. The predicted molar refractivity (Wildman–Crippen MR) is 119 cm³/mol. The van der Waals surface area contributed by atoms with Crippen molar-refractivity contribution >= 4 is 11.9 Å². The molecule has 2 aliphatic rings. The van der Waals surface area contributed by atoms with Crippen molar-refractivity contribution in [2.75, 3.05) is 65.5 Å². The Hall–Kier alpha value is -1.34. The average molecular weight is 410 g/mol. The summed E-state index contributed by atoms with van der Waals surface area (Å²) in [4.78, 5) is 24.2. The summed E-state index contributed by atoms with van der Waals surface area (Å²) >= 11 is 0. The SMILES string of the molecule is CCCC(CCO)CN=C(NCC)N1CCN(CC(=O)N2CCCCCC2)CC1. The van der Waals surface area contributed by atoms with Crippen molar-refractivity contribution < 1.29 is 9.90 Å². The fourth-order valence-electron chi connectivity index (χ4n) is 4.29. The molecule has 1 amide bonds. The molecule has 0 aliphatic carbocycles. The lowest BCUT2D eigenvalue weighted by Gasteiger charge is -2.37. The summed E-state index contributed by atoms with van der Waals surface area (Å²) in [5.41, 5.74) is 0. The second kappa shape index (κ2) is 13.8. The standard InChI is InChI=1S/C22H43N5O2/c1-3-9-20(10-17-28)18-24-22(23-4-2)27-15-13-25(14-16-27)19-21(29)26-11-7-5-6-8-12-26/h20,28H,3-19H2,1-2H3,(H,23,24). The number of piperazine rings is 1. The Morgan fingerprint density at radius 2 is 1.66 bits per heavy atom. The predicted octanol–water partition coefficient (Wildman–Crippen LogP) is 1.77. The molecule has 2 aliphatic heterocycles. The zero-order valence-corrected chi connectivity index (χ0v) is 18.7. The highest BCUT2D eigenvalue weighted by Crippen LogP contribution is 2.13. The second-order valence-corrected chi connectivity index (χ2v) is 8.42. The van der Waals surface area contributed by atoms with Gasteiger partial charge in [0.2, 0.25) is 5.91 Å². The molecule has 2 heterocycles. The first-order chi connectivity index (χ1) is 14.2. The van der Waals surface area contributed by atoms with Crippen molar-refractivity contribution in [3.63, 3.8) is 0 Å². The maximum Gasteiger partial charge on any atom is 0.236 e. The number of nitrogens with zero attached hydrogens (tertiary/aromatic N) is 4. The minimum atomic E-state index is 0.237. The highest BCUT2D eigenvalue weighted by Gasteiger charge is 2.24. The van der Waals surface area contributed by atoms with Gasteiger partial charge in [-0.05, 0) is 38.5 Å². The molecular weight excluding hydrogens is 366 g/mol. The van der Waals surface area contributed by atoms with E-state index >= 15 is 0 Å². The first-order valence-electron chi connectivity index (χ1n) is 11.8. The van der Waals surface area contributed by atoms with Gasteiger partial charge in [-0.15, -0.1) is 0 Å². The molecule has 0 radical (unpaired) electrons. The van der Waals surface area contributed by atoms with E-state index in [-0.39, 0.29) is 6.61 Å². The van der Waals surface area contributed by atoms with Gasteiger partial charge in [0.1, 0.15) is 0 Å². The molecule has 0 aromatic carbocycles. The van der Waals surface area contributed by atoms with Crippen LogP contribution in [-0.2, 0) is 4.79 Å². The van der Waals surface area contributed by atoms with Crippen LogP contribution >= 0.6 is 0 Å². The Bertz CT molecular complexity index is 478. The van der Waals surface area contributed by atoms with Crippen molar-refractivity contribution in [1.29, 1.82) is 0 Å². The van der Waals surface area contributed by atoms with Crippen LogP contribution < -0.4 is 5.32 Å². The van der Waals surface area contributed by atoms with Crippen molar-refractivity contribution in [2.24, 2.45) is 10.9 Å². The van der Waals surface area contributed by atoms with Crippen molar-refractivity contribution in [1.82, 2.24) is 20.0 Å². The molecule has 0 spiro atoms. The monoisotopic (exact) mass is 409 g/mol. The molecule has 2 rings (SSSR count). The fourth-order valence-corrected chi connectivity index (χ4v) is 4.29. The van der Waals surface area contributed by atoms with E-state index in [4.69, 9.17) is 4.99 Å². The number of aliphatic hydroxyl groups excluding tert-OH is 1. The summed E-state index contributed by atoms with van der Waals surface area (Å²) < 4.78 is 0. The average Bonchev–Trinajstić information content (AvgIpc) is 3.02. The third kappa shape index (κ3) is 8.51. The quantitative estimate of drug-likeness (QED) is 0.449. The number of carbonyl (C=O) groups excluding carboxylic acids is 1. The van der Waals surface area contributed by atoms with E-state index in [2.05, 4.69) is 33.9 Å². The van der Waals surface area contributed by atoms with Crippen LogP contribution in [0.3, 0.4) is 0 Å². The summed E-state index contributed by atoms with van der Waals surface area (Å²) in [6, 6.07) is 0. The van der Waals surface area contributed by atoms with E-state index in [9.17, 15) is 9.90 Å². The lowest BCUT2D eigenvalue weighted by molar-refractivity contribution is -0.132. The van der Waals surface area contributed by atoms with E-state index in [0.29, 0.717) is 18.4 Å². The molecule has 29 heavy (non-hydrogen) atoms. The Kier molecular flexibility index (Phi) is 11.4. The van der Waals surface area contributed by atoms with Crippen LogP contribution in [0.4, 0.5) is 0 Å². The second-order valence-electron chi connectivity index (χ2n) is 8.42. The minimum absolute atomic E-state index is 0.237. The molecule has 0 saturated carbocycles. The van der Waals surface area contributed by atoms with Crippen LogP contribution in [0.5, 0.6) is 0 Å². The third-order valence-corrected chi connectivity index (χ3v) is 6.06. The lowest BCUT2D eigenvalue weighted by atomic mass is 10.0. The summed E-state index contributed by atoms with van der Waals surface area (Å²) in [6.07, 6.45) is 7.87. The number of hydrogen-bond acceptors (Lipinski definition) is 4. The molecule has 2 fully saturated rings. The Balaban J connectivity index is 1.82. The van der Waals surface area contributed by atoms with Crippen molar-refractivity contribution in [3.05, 3.63) is 0 Å². The molecule has 1 unspecified atom stereocenters. The van der Waals surface area contributed by atoms with Gasteiger partial charge < -0.3 is 20.2 Å². The first-order valence-corrected chi connectivity index (χ1v) is 11.8. The zero-order chi connectivity index (χ0) is 20.9. The van der Waals surface area contributed by atoms with E-state index in [1.807, 2.05) is 0 Å². The van der Waals surface area contributed by atoms with Gasteiger partial charge in [0.15, 0.2) is 5.96 Å². The fraction of sp³-hybridized carbons (Fsp3) is 0.909. The van der Waals surface area contributed by atoms with Crippen LogP contribution in [-0.4, -0.2) is 97.2 Å². The van der Waals surface area contributed by atoms with Gasteiger partial charge in [0.25, 0.3) is 0 Å². The van der Waals surface area contributed by atoms with Crippen LogP contribution in [0.1, 0.15) is 58.8 Å². The normalized spacial score (nSPS) is 20.4. The van der Waals surface area contributed by atoms with Gasteiger partial charge in [0, 0.05) is 59.0 Å². The highest BCUT2D eigenvalue weighted by molar-refractivity contribution is 5.80. The Labute approximate surface area is 177 Å². The number of nitrogens with one attached hydrogen (secondary N) is 1. The Morgan fingerprint density at radius 3 is 2.24 bits per heavy atom. The van der Waals surface area contributed by atoms with Gasteiger partial charge >= 0.3 is 0 Å². The number of amides is 1. The molecule has 0 aromatic heterocycles. The van der Waals surface area contributed by atoms with Gasteiger partial charge in [-0.1, -0.05) is 26.2 Å². The van der Waals surface area contributed by atoms with Gasteiger partial charge in [0.05, 0.1) is 6.54 Å². The minimum Gasteiger partial charge on any atom is -0.396 e. The number of aliphatic hydroxyl groups is 1. The molecule has 2 saturated heterocycles. The van der Waals surface area contributed by atoms with E-state index in [1.54, 1.807) is 0 Å². The molecule has 1 atom stereocenters. The maximum atomic E-state index is 12.7. The van der Waals surface area contributed by atoms with E-state index in [0.717, 1.165) is 90.4 Å². The van der Waals surface area contributed by atoms with Crippen molar-refractivity contribution in [2.45, 2.75) is 58.8 Å². The third-order valence-electron chi connectivity index (χ3n) is 6.06. The number of guanidine groups is 1. The smallest absolute Gasteiger partial charge is 0.236 e. The summed E-state index contributed by atoms with van der Waals surface area (Å²) in [5.74, 6) is 1.73. The molecule has 168 valence electrons. The van der Waals surface area contributed by atoms with Crippen LogP contribution in [0.25, 0.3) is 0 Å². The first kappa shape index (κ1) is 23.9. The number of hydrogen-bond donors (Lipinski definition) is 2. The molecule has 7 nitrogen and oxygen atoms in total. The van der Waals surface area contributed by atoms with Gasteiger partial charge in [-0.2, -0.15) is 0 Å². The molecule has 2 N–H and O–H groups in total. The summed E-state index contributed by atoms with van der Waals surface area (Å²) in [7, 11) is 0. The van der Waals surface area contributed by atoms with Crippen LogP contribution in [0.15, 0.2) is 4.99 Å².